The Morgan fingerprint density at radius 1 is 1.36 bits per heavy atom. The lowest BCUT2D eigenvalue weighted by molar-refractivity contribution is 0.276. The normalized spacial score (nSPS) is 13.9. The van der Waals surface area contributed by atoms with E-state index in [9.17, 15) is 4.57 Å². The summed E-state index contributed by atoms with van der Waals surface area (Å²) in [4.78, 5) is 0.598. The Morgan fingerprint density at radius 2 is 1.79 bits per heavy atom. The van der Waals surface area contributed by atoms with Crippen LogP contribution in [-0.2, 0) is 13.6 Å². The predicted molar refractivity (Wildman–Crippen MR) is 63.1 cm³/mol. The van der Waals surface area contributed by atoms with E-state index in [0.717, 1.165) is 16.5 Å². The zero-order valence-corrected chi connectivity index (χ0v) is 11.6. The van der Waals surface area contributed by atoms with Gasteiger partial charge in [0.15, 0.2) is 5.12 Å². The largest absolute Gasteiger partial charge is 0.352 e. The minimum Gasteiger partial charge on any atom is -0.311 e. The van der Waals surface area contributed by atoms with Crippen LogP contribution in [0.1, 0.15) is 13.8 Å². The molecular weight excluding hydrogens is 266 g/mol. The summed E-state index contributed by atoms with van der Waals surface area (Å²) < 4.78 is 21.4. The van der Waals surface area contributed by atoms with E-state index in [0.29, 0.717) is 4.91 Å². The van der Waals surface area contributed by atoms with Crippen molar-refractivity contribution in [2.24, 2.45) is 0 Å². The molecule has 0 radical (unpaired) electrons. The van der Waals surface area contributed by atoms with Crippen molar-refractivity contribution in [3.63, 3.8) is 0 Å². The predicted octanol–water partition coefficient (Wildman–Crippen LogP) is 4.22. The zero-order valence-electron chi connectivity index (χ0n) is 8.41. The molecule has 0 saturated carbocycles. The van der Waals surface area contributed by atoms with Crippen molar-refractivity contribution in [1.82, 2.24) is 0 Å². The lowest BCUT2D eigenvalue weighted by Gasteiger charge is -2.20. The van der Waals surface area contributed by atoms with Gasteiger partial charge in [0.05, 0.1) is 0 Å². The van der Waals surface area contributed by atoms with Gasteiger partial charge in [-0.15, -0.1) is 11.6 Å². The molecule has 0 aromatic heterocycles. The lowest BCUT2D eigenvalue weighted by atomic mass is 10.3. The summed E-state index contributed by atoms with van der Waals surface area (Å²) in [5.74, 6) is 0. The Labute approximate surface area is 98.2 Å². The second kappa shape index (κ2) is 6.41. The van der Waals surface area contributed by atoms with Gasteiger partial charge >= 0.3 is 7.60 Å². The molecule has 0 aliphatic heterocycles. The molecule has 3 nitrogen and oxygen atoms in total. The van der Waals surface area contributed by atoms with Crippen LogP contribution in [0, 0.1) is 0 Å². The maximum absolute atomic E-state index is 11.9. The van der Waals surface area contributed by atoms with Crippen molar-refractivity contribution < 1.29 is 13.6 Å². The molecular formula is C7H13Cl2O3PS. The van der Waals surface area contributed by atoms with Crippen molar-refractivity contribution in [3.8, 4) is 0 Å². The summed E-state index contributed by atoms with van der Waals surface area (Å²) >= 11 is 5.97. The van der Waals surface area contributed by atoms with Gasteiger partial charge in [-0.05, 0) is 35.5 Å². The summed E-state index contributed by atoms with van der Waals surface area (Å²) in [5.41, 5.74) is 0.888. The van der Waals surface area contributed by atoms with Crippen molar-refractivity contribution in [1.29, 1.82) is 0 Å². The zero-order chi connectivity index (χ0) is 11.4. The fourth-order valence-electron chi connectivity index (χ4n) is 0.755. The molecule has 0 amide bonds. The quantitative estimate of drug-likeness (QED) is 0.557. The van der Waals surface area contributed by atoms with Crippen LogP contribution in [0.5, 0.6) is 0 Å². The maximum Gasteiger partial charge on any atom is 0.352 e. The number of hydrogen-bond donors (Lipinski definition) is 0. The molecule has 0 aromatic carbocycles. The lowest BCUT2D eigenvalue weighted by Crippen LogP contribution is -2.06. The molecule has 14 heavy (non-hydrogen) atoms. The molecule has 0 aliphatic carbocycles. The van der Waals surface area contributed by atoms with Crippen LogP contribution in [-0.4, -0.2) is 19.3 Å². The highest BCUT2D eigenvalue weighted by Crippen LogP contribution is 2.58. The first-order valence-corrected chi connectivity index (χ1v) is 7.43. The highest BCUT2D eigenvalue weighted by atomic mass is 35.7. The number of allylic oxidation sites excluding steroid dienone is 2. The summed E-state index contributed by atoms with van der Waals surface area (Å²) in [7, 11) is 5.84. The minimum atomic E-state index is -3.30. The van der Waals surface area contributed by atoms with Crippen LogP contribution >= 0.6 is 40.9 Å². The van der Waals surface area contributed by atoms with Gasteiger partial charge < -0.3 is 9.05 Å². The van der Waals surface area contributed by atoms with Crippen LogP contribution < -0.4 is 0 Å². The van der Waals surface area contributed by atoms with Gasteiger partial charge in [-0.2, -0.15) is 0 Å². The first-order valence-electron chi connectivity index (χ1n) is 3.74. The molecule has 1 atom stereocenters. The Morgan fingerprint density at radius 3 is 2.00 bits per heavy atom. The fraction of sp³-hybridized carbons (Fsp3) is 0.714. The SMILES string of the molecule is COP(=O)(OC)C(Cl)C(SCl)=C(C)C. The first kappa shape index (κ1) is 14.8. The van der Waals surface area contributed by atoms with Crippen molar-refractivity contribution in [2.45, 2.75) is 19.0 Å². The van der Waals surface area contributed by atoms with Crippen LogP contribution in [0.3, 0.4) is 0 Å². The molecule has 0 bridgehead atoms. The molecule has 0 aromatic rings. The van der Waals surface area contributed by atoms with E-state index in [1.165, 1.54) is 14.2 Å². The molecule has 0 spiro atoms. The van der Waals surface area contributed by atoms with E-state index < -0.39 is 12.7 Å². The molecule has 1 unspecified atom stereocenters. The number of hydrogen-bond acceptors (Lipinski definition) is 4. The van der Waals surface area contributed by atoms with Crippen molar-refractivity contribution >= 4 is 40.9 Å². The Bertz CT molecular complexity index is 258. The van der Waals surface area contributed by atoms with Gasteiger partial charge in [0.25, 0.3) is 0 Å². The van der Waals surface area contributed by atoms with Crippen molar-refractivity contribution in [2.75, 3.05) is 14.2 Å². The topological polar surface area (TPSA) is 35.5 Å². The summed E-state index contributed by atoms with van der Waals surface area (Å²) in [6.45, 7) is 3.66. The van der Waals surface area contributed by atoms with E-state index >= 15 is 0 Å². The Hall–Kier alpha value is 0.820. The summed E-state index contributed by atoms with van der Waals surface area (Å²) in [6, 6.07) is 0. The van der Waals surface area contributed by atoms with Crippen molar-refractivity contribution in [3.05, 3.63) is 10.5 Å². The third-order valence-electron chi connectivity index (χ3n) is 1.58. The molecule has 0 fully saturated rings. The van der Waals surface area contributed by atoms with Gasteiger partial charge in [-0.3, -0.25) is 4.57 Å². The highest BCUT2D eigenvalue weighted by molar-refractivity contribution is 8.24. The van der Waals surface area contributed by atoms with E-state index in [4.69, 9.17) is 31.3 Å². The monoisotopic (exact) mass is 278 g/mol. The number of alkyl halides is 1. The average molecular weight is 279 g/mol. The van der Waals surface area contributed by atoms with Crippen LogP contribution in [0.15, 0.2) is 10.5 Å². The number of rotatable bonds is 5. The standard InChI is InChI=1S/C7H13Cl2O3PS/c1-5(2)6(14-9)7(8)13(10,11-3)12-4/h7H,1-4H3. The van der Waals surface area contributed by atoms with Gasteiger partial charge in [-0.1, -0.05) is 5.57 Å². The second-order valence-electron chi connectivity index (χ2n) is 2.68. The van der Waals surface area contributed by atoms with Gasteiger partial charge in [0.2, 0.25) is 0 Å². The number of halogens is 2. The highest BCUT2D eigenvalue weighted by Gasteiger charge is 2.36. The Balaban J connectivity index is 5.02. The first-order chi connectivity index (χ1) is 6.42. The second-order valence-corrected chi connectivity index (χ2v) is 6.81. The van der Waals surface area contributed by atoms with Gasteiger partial charge in [0, 0.05) is 19.1 Å². The van der Waals surface area contributed by atoms with Gasteiger partial charge in [0.1, 0.15) is 0 Å². The van der Waals surface area contributed by atoms with E-state index in [1.54, 1.807) is 0 Å². The molecule has 84 valence electrons. The molecule has 0 N–H and O–H groups in total. The average Bonchev–Trinajstić information content (AvgIpc) is 2.17. The molecule has 0 saturated heterocycles. The molecule has 0 heterocycles. The van der Waals surface area contributed by atoms with Gasteiger partial charge in [-0.25, -0.2) is 0 Å². The Kier molecular flexibility index (Phi) is 6.79. The fourth-order valence-corrected chi connectivity index (χ4v) is 4.48. The smallest absolute Gasteiger partial charge is 0.311 e. The van der Waals surface area contributed by atoms with E-state index in [-0.39, 0.29) is 0 Å². The third kappa shape index (κ3) is 3.44. The van der Waals surface area contributed by atoms with E-state index in [1.807, 2.05) is 13.8 Å². The molecule has 0 aliphatic rings. The molecule has 7 heteroatoms. The van der Waals surface area contributed by atoms with E-state index in [2.05, 4.69) is 0 Å². The van der Waals surface area contributed by atoms with Crippen LogP contribution in [0.25, 0.3) is 0 Å². The summed E-state index contributed by atoms with van der Waals surface area (Å²) in [6.07, 6.45) is 0. The van der Waals surface area contributed by atoms with Crippen LogP contribution in [0.4, 0.5) is 0 Å². The minimum absolute atomic E-state index is 0.598. The van der Waals surface area contributed by atoms with Crippen LogP contribution in [0.2, 0.25) is 0 Å². The molecule has 0 rings (SSSR count). The summed E-state index contributed by atoms with van der Waals surface area (Å²) in [5, 5.41) is -0.856. The third-order valence-corrected chi connectivity index (χ3v) is 5.96. The maximum atomic E-state index is 11.9.